The van der Waals surface area contributed by atoms with E-state index in [0.717, 1.165) is 32.0 Å². The van der Waals surface area contributed by atoms with Gasteiger partial charge in [-0.15, -0.1) is 0 Å². The Morgan fingerprint density at radius 1 is 1.30 bits per heavy atom. The zero-order valence-electron chi connectivity index (χ0n) is 12.1. The van der Waals surface area contributed by atoms with Crippen LogP contribution in [0.2, 0.25) is 0 Å². The molecule has 2 rings (SSSR count). The fourth-order valence-corrected chi connectivity index (χ4v) is 1.85. The molecule has 110 valence electrons. The Morgan fingerprint density at radius 2 is 2.00 bits per heavy atom. The molecule has 0 aromatic carbocycles. The number of hydrogen-bond donors (Lipinski definition) is 2. The van der Waals surface area contributed by atoms with Crippen LogP contribution in [-0.4, -0.2) is 47.8 Å². The second-order valence-corrected chi connectivity index (χ2v) is 5.62. The van der Waals surface area contributed by atoms with Gasteiger partial charge in [0.25, 0.3) is 0 Å². The molecule has 1 amide bonds. The first-order valence-corrected chi connectivity index (χ1v) is 6.72. The number of piperazine rings is 1. The molecular formula is C13H21N5O2. The van der Waals surface area contributed by atoms with Crippen LogP contribution in [0.15, 0.2) is 12.4 Å². The maximum Gasteiger partial charge on any atom is 0.413 e. The molecule has 20 heavy (non-hydrogen) atoms. The number of nitrogens with one attached hydrogen (secondary N) is 2. The number of carbonyl (C=O) groups is 1. The van der Waals surface area contributed by atoms with Gasteiger partial charge in [-0.3, -0.25) is 5.32 Å². The lowest BCUT2D eigenvalue weighted by Crippen LogP contribution is -2.43. The highest BCUT2D eigenvalue weighted by molar-refractivity contribution is 5.83. The van der Waals surface area contributed by atoms with E-state index >= 15 is 0 Å². The van der Waals surface area contributed by atoms with Crippen molar-refractivity contribution in [1.29, 1.82) is 0 Å². The summed E-state index contributed by atoms with van der Waals surface area (Å²) in [5.74, 6) is 1.21. The van der Waals surface area contributed by atoms with Gasteiger partial charge in [0.05, 0.1) is 12.4 Å². The minimum atomic E-state index is -0.530. The predicted molar refractivity (Wildman–Crippen MR) is 77.0 cm³/mol. The lowest BCUT2D eigenvalue weighted by Gasteiger charge is -2.28. The van der Waals surface area contributed by atoms with Crippen LogP contribution in [0.1, 0.15) is 20.8 Å². The van der Waals surface area contributed by atoms with E-state index < -0.39 is 11.7 Å². The minimum absolute atomic E-state index is 0.387. The molecule has 1 aliphatic heterocycles. The van der Waals surface area contributed by atoms with Crippen molar-refractivity contribution in [3.05, 3.63) is 12.4 Å². The van der Waals surface area contributed by atoms with Crippen LogP contribution < -0.4 is 15.5 Å². The van der Waals surface area contributed by atoms with Gasteiger partial charge in [-0.2, -0.15) is 0 Å². The molecule has 2 N–H and O–H groups in total. The van der Waals surface area contributed by atoms with Gasteiger partial charge in [-0.1, -0.05) is 0 Å². The molecule has 1 saturated heterocycles. The number of amides is 1. The molecule has 7 heteroatoms. The van der Waals surface area contributed by atoms with E-state index in [9.17, 15) is 4.79 Å². The topological polar surface area (TPSA) is 79.4 Å². The van der Waals surface area contributed by atoms with Crippen LogP contribution in [0.3, 0.4) is 0 Å². The lowest BCUT2D eigenvalue weighted by molar-refractivity contribution is 0.0635. The highest BCUT2D eigenvalue weighted by Gasteiger charge is 2.17. The standard InChI is InChI=1S/C13H21N5O2/c1-13(2,3)20-12(19)17-10-8-16-11(9-15-10)18-6-4-14-5-7-18/h8-9,14H,4-7H2,1-3H3,(H,15,17,19). The van der Waals surface area contributed by atoms with Crippen molar-refractivity contribution < 1.29 is 9.53 Å². The third kappa shape index (κ3) is 4.34. The van der Waals surface area contributed by atoms with Crippen molar-refractivity contribution in [3.8, 4) is 0 Å². The molecule has 0 unspecified atom stereocenters. The molecular weight excluding hydrogens is 258 g/mol. The first-order valence-electron chi connectivity index (χ1n) is 6.72. The Hall–Kier alpha value is -1.89. The number of nitrogens with zero attached hydrogens (tertiary/aromatic N) is 3. The summed E-state index contributed by atoms with van der Waals surface area (Å²) in [6.07, 6.45) is 2.68. The maximum absolute atomic E-state index is 11.6. The SMILES string of the molecule is CC(C)(C)OC(=O)Nc1cnc(N2CCNCC2)cn1. The molecule has 1 aromatic rings. The van der Waals surface area contributed by atoms with Crippen LogP contribution >= 0.6 is 0 Å². The average Bonchev–Trinajstić information content (AvgIpc) is 2.38. The summed E-state index contributed by atoms with van der Waals surface area (Å²) >= 11 is 0. The molecule has 7 nitrogen and oxygen atoms in total. The van der Waals surface area contributed by atoms with E-state index in [0.29, 0.717) is 5.82 Å². The third-order valence-corrected chi connectivity index (χ3v) is 2.71. The minimum Gasteiger partial charge on any atom is -0.444 e. The Balaban J connectivity index is 1.92. The van der Waals surface area contributed by atoms with E-state index in [1.54, 1.807) is 12.4 Å². The summed E-state index contributed by atoms with van der Waals surface area (Å²) < 4.78 is 5.15. The number of rotatable bonds is 2. The van der Waals surface area contributed by atoms with E-state index in [2.05, 4.69) is 25.5 Å². The summed E-state index contributed by atoms with van der Waals surface area (Å²) in [6.45, 7) is 9.14. The molecule has 2 heterocycles. The molecule has 0 saturated carbocycles. The number of hydrogen-bond acceptors (Lipinski definition) is 6. The molecule has 0 bridgehead atoms. The first kappa shape index (κ1) is 14.5. The molecule has 1 aliphatic rings. The van der Waals surface area contributed by atoms with Gasteiger partial charge in [-0.25, -0.2) is 14.8 Å². The fraction of sp³-hybridized carbons (Fsp3) is 0.615. The number of ether oxygens (including phenoxy) is 1. The normalized spacial score (nSPS) is 15.8. The Morgan fingerprint density at radius 3 is 2.55 bits per heavy atom. The van der Waals surface area contributed by atoms with Crippen LogP contribution in [0.4, 0.5) is 16.4 Å². The molecule has 0 aliphatic carbocycles. The van der Waals surface area contributed by atoms with Crippen LogP contribution in [0.25, 0.3) is 0 Å². The number of anilines is 2. The second-order valence-electron chi connectivity index (χ2n) is 5.62. The van der Waals surface area contributed by atoms with E-state index in [-0.39, 0.29) is 0 Å². The maximum atomic E-state index is 11.6. The van der Waals surface area contributed by atoms with Crippen LogP contribution in [0.5, 0.6) is 0 Å². The molecule has 0 atom stereocenters. The summed E-state index contributed by atoms with van der Waals surface area (Å²) in [4.78, 5) is 22.3. The second kappa shape index (κ2) is 6.04. The van der Waals surface area contributed by atoms with Gasteiger partial charge in [0.1, 0.15) is 11.4 Å². The fourth-order valence-electron chi connectivity index (χ4n) is 1.85. The highest BCUT2D eigenvalue weighted by atomic mass is 16.6. The quantitative estimate of drug-likeness (QED) is 0.847. The van der Waals surface area contributed by atoms with Crippen molar-refractivity contribution in [2.75, 3.05) is 36.4 Å². The van der Waals surface area contributed by atoms with Crippen molar-refractivity contribution in [3.63, 3.8) is 0 Å². The van der Waals surface area contributed by atoms with Gasteiger partial charge >= 0.3 is 6.09 Å². The Kier molecular flexibility index (Phi) is 4.39. The van der Waals surface area contributed by atoms with E-state index in [1.807, 2.05) is 20.8 Å². The third-order valence-electron chi connectivity index (χ3n) is 2.71. The Labute approximate surface area is 118 Å². The monoisotopic (exact) mass is 279 g/mol. The van der Waals surface area contributed by atoms with Gasteiger partial charge in [0.15, 0.2) is 5.82 Å². The number of aromatic nitrogens is 2. The summed E-state index contributed by atoms with van der Waals surface area (Å²) in [7, 11) is 0. The van der Waals surface area contributed by atoms with Gasteiger partial charge in [0.2, 0.25) is 0 Å². The van der Waals surface area contributed by atoms with Gasteiger partial charge < -0.3 is 15.0 Å². The summed E-state index contributed by atoms with van der Waals surface area (Å²) in [6, 6.07) is 0. The van der Waals surface area contributed by atoms with Crippen LogP contribution in [0, 0.1) is 0 Å². The highest BCUT2D eigenvalue weighted by Crippen LogP contribution is 2.13. The van der Waals surface area contributed by atoms with E-state index in [1.165, 1.54) is 0 Å². The number of carbonyl (C=O) groups excluding carboxylic acids is 1. The average molecular weight is 279 g/mol. The lowest BCUT2D eigenvalue weighted by atomic mass is 10.2. The Bertz CT molecular complexity index is 449. The van der Waals surface area contributed by atoms with Crippen molar-refractivity contribution in [1.82, 2.24) is 15.3 Å². The predicted octanol–water partition coefficient (Wildman–Crippen LogP) is 1.23. The van der Waals surface area contributed by atoms with E-state index in [4.69, 9.17) is 4.74 Å². The van der Waals surface area contributed by atoms with Crippen LogP contribution in [-0.2, 0) is 4.74 Å². The van der Waals surface area contributed by atoms with Crippen molar-refractivity contribution in [2.45, 2.75) is 26.4 Å². The van der Waals surface area contributed by atoms with Gasteiger partial charge in [0, 0.05) is 26.2 Å². The smallest absolute Gasteiger partial charge is 0.413 e. The zero-order valence-corrected chi connectivity index (χ0v) is 12.1. The van der Waals surface area contributed by atoms with Crippen molar-refractivity contribution in [2.24, 2.45) is 0 Å². The summed E-state index contributed by atoms with van der Waals surface area (Å²) in [5.41, 5.74) is -0.530. The molecule has 1 aromatic heterocycles. The molecule has 0 radical (unpaired) electrons. The largest absolute Gasteiger partial charge is 0.444 e. The first-order chi connectivity index (χ1) is 9.44. The van der Waals surface area contributed by atoms with Crippen molar-refractivity contribution >= 4 is 17.7 Å². The zero-order chi connectivity index (χ0) is 14.6. The van der Waals surface area contributed by atoms with Gasteiger partial charge in [-0.05, 0) is 20.8 Å². The summed E-state index contributed by atoms with van der Waals surface area (Å²) in [5, 5.41) is 5.84. The molecule has 1 fully saturated rings. The molecule has 0 spiro atoms.